The van der Waals surface area contributed by atoms with Crippen molar-refractivity contribution < 1.29 is 4.79 Å². The Bertz CT molecular complexity index is 1150. The minimum absolute atomic E-state index is 0.134. The average molecular weight is 354 g/mol. The van der Waals surface area contributed by atoms with E-state index in [1.807, 2.05) is 18.2 Å². The second-order valence-electron chi connectivity index (χ2n) is 5.46. The Morgan fingerprint density at radius 2 is 1.80 bits per heavy atom. The van der Waals surface area contributed by atoms with Gasteiger partial charge < -0.3 is 5.32 Å². The van der Waals surface area contributed by atoms with Crippen LogP contribution < -0.4 is 10.9 Å². The molecule has 0 saturated carbocycles. The number of anilines is 1. The van der Waals surface area contributed by atoms with Crippen molar-refractivity contribution in [1.82, 2.24) is 19.2 Å². The highest BCUT2D eigenvalue weighted by Crippen LogP contribution is 2.15. The summed E-state index contributed by atoms with van der Waals surface area (Å²) < 4.78 is 3.01. The predicted octanol–water partition coefficient (Wildman–Crippen LogP) is 2.34. The Morgan fingerprint density at radius 3 is 2.56 bits per heavy atom. The molecule has 124 valence electrons. The minimum atomic E-state index is -0.373. The molecule has 2 heterocycles. The van der Waals surface area contributed by atoms with Crippen LogP contribution in [-0.2, 0) is 11.3 Å². The number of rotatable bonds is 3. The molecule has 25 heavy (non-hydrogen) atoms. The van der Waals surface area contributed by atoms with Gasteiger partial charge in [-0.05, 0) is 36.4 Å². The Balaban J connectivity index is 1.75. The van der Waals surface area contributed by atoms with Gasteiger partial charge in [0.1, 0.15) is 12.9 Å². The number of benzene rings is 2. The average Bonchev–Trinajstić information content (AvgIpc) is 3.11. The Hall–Kier alpha value is -3.19. The number of para-hydroxylation sites is 2. The molecule has 0 bridgehead atoms. The number of hydrogen-bond donors (Lipinski definition) is 1. The van der Waals surface area contributed by atoms with Crippen molar-refractivity contribution in [2.45, 2.75) is 6.54 Å². The molecule has 4 aromatic rings. The van der Waals surface area contributed by atoms with E-state index in [2.05, 4.69) is 15.5 Å². The monoisotopic (exact) mass is 353 g/mol. The highest BCUT2D eigenvalue weighted by atomic mass is 35.5. The molecule has 8 heteroatoms. The topological polar surface area (TPSA) is 81.3 Å². The van der Waals surface area contributed by atoms with E-state index in [4.69, 9.17) is 11.6 Å². The SMILES string of the molecule is O=C(Cn1c(=O)c2nncn2c2ccccc21)Nc1ccc(Cl)cc1. The Morgan fingerprint density at radius 1 is 1.08 bits per heavy atom. The van der Waals surface area contributed by atoms with Crippen molar-refractivity contribution in [3.63, 3.8) is 0 Å². The van der Waals surface area contributed by atoms with Gasteiger partial charge in [0.25, 0.3) is 5.56 Å². The van der Waals surface area contributed by atoms with Crippen LogP contribution in [0.2, 0.25) is 5.02 Å². The third-order valence-corrected chi connectivity index (χ3v) is 4.10. The molecule has 0 aliphatic carbocycles. The predicted molar refractivity (Wildman–Crippen MR) is 94.8 cm³/mol. The summed E-state index contributed by atoms with van der Waals surface area (Å²) in [6.07, 6.45) is 1.48. The molecule has 1 N–H and O–H groups in total. The molecular formula is C17H12ClN5O2. The number of carbonyl (C=O) groups excluding carboxylic acids is 1. The van der Waals surface area contributed by atoms with Gasteiger partial charge in [0.15, 0.2) is 0 Å². The van der Waals surface area contributed by atoms with Crippen LogP contribution in [0.5, 0.6) is 0 Å². The molecule has 0 atom stereocenters. The summed E-state index contributed by atoms with van der Waals surface area (Å²) >= 11 is 5.84. The third kappa shape index (κ3) is 2.74. The van der Waals surface area contributed by atoms with Crippen LogP contribution in [0.1, 0.15) is 0 Å². The maximum atomic E-state index is 12.7. The lowest BCUT2D eigenvalue weighted by Crippen LogP contribution is -2.29. The standard InChI is InChI=1S/C17H12ClN5O2/c18-11-5-7-12(8-6-11)20-15(24)9-22-13-3-1-2-4-14(13)23-10-19-21-16(23)17(22)25/h1-8,10H,9H2,(H,20,24). The van der Waals surface area contributed by atoms with Gasteiger partial charge in [-0.1, -0.05) is 23.7 Å². The van der Waals surface area contributed by atoms with Gasteiger partial charge in [-0.25, -0.2) is 0 Å². The van der Waals surface area contributed by atoms with Crippen molar-refractivity contribution >= 4 is 39.9 Å². The largest absolute Gasteiger partial charge is 0.325 e. The van der Waals surface area contributed by atoms with E-state index in [1.165, 1.54) is 10.9 Å². The number of nitrogens with one attached hydrogen (secondary N) is 1. The second kappa shape index (κ2) is 6.03. The maximum Gasteiger partial charge on any atom is 0.297 e. The zero-order valence-electron chi connectivity index (χ0n) is 12.9. The molecule has 2 aromatic carbocycles. The van der Waals surface area contributed by atoms with Gasteiger partial charge >= 0.3 is 0 Å². The molecule has 2 aromatic heterocycles. The van der Waals surface area contributed by atoms with Gasteiger partial charge in [0.2, 0.25) is 11.6 Å². The summed E-state index contributed by atoms with van der Waals surface area (Å²) in [5.41, 5.74) is 1.79. The third-order valence-electron chi connectivity index (χ3n) is 3.85. The number of hydrogen-bond acceptors (Lipinski definition) is 4. The fraction of sp³-hybridized carbons (Fsp3) is 0.0588. The quantitative estimate of drug-likeness (QED) is 0.613. The first-order valence-electron chi connectivity index (χ1n) is 7.50. The molecule has 0 fully saturated rings. The van der Waals surface area contributed by atoms with Gasteiger partial charge in [0, 0.05) is 10.7 Å². The lowest BCUT2D eigenvalue weighted by Gasteiger charge is -2.11. The van der Waals surface area contributed by atoms with Crippen molar-refractivity contribution in [2.75, 3.05) is 5.32 Å². The number of nitrogens with zero attached hydrogens (tertiary/aromatic N) is 4. The minimum Gasteiger partial charge on any atom is -0.325 e. The maximum absolute atomic E-state index is 12.7. The summed E-state index contributed by atoms with van der Waals surface area (Å²) in [5.74, 6) is -0.321. The molecule has 4 rings (SSSR count). The summed E-state index contributed by atoms with van der Waals surface area (Å²) in [4.78, 5) is 25.1. The van der Waals surface area contributed by atoms with E-state index < -0.39 is 0 Å². The first-order chi connectivity index (χ1) is 12.1. The van der Waals surface area contributed by atoms with E-state index in [0.717, 1.165) is 5.52 Å². The fourth-order valence-corrected chi connectivity index (χ4v) is 2.84. The Labute approximate surface area is 146 Å². The van der Waals surface area contributed by atoms with Crippen LogP contribution in [0.25, 0.3) is 16.7 Å². The van der Waals surface area contributed by atoms with E-state index in [-0.39, 0.29) is 23.7 Å². The molecule has 1 amide bonds. The first kappa shape index (κ1) is 15.3. The summed E-state index contributed by atoms with van der Waals surface area (Å²) in [6, 6.07) is 14.0. The summed E-state index contributed by atoms with van der Waals surface area (Å²) in [5, 5.41) is 11.0. The number of halogens is 1. The highest BCUT2D eigenvalue weighted by Gasteiger charge is 2.14. The van der Waals surface area contributed by atoms with Crippen molar-refractivity contribution in [3.8, 4) is 0 Å². The number of carbonyl (C=O) groups is 1. The van der Waals surface area contributed by atoms with E-state index >= 15 is 0 Å². The van der Waals surface area contributed by atoms with Crippen LogP contribution in [0.15, 0.2) is 59.7 Å². The van der Waals surface area contributed by atoms with Crippen LogP contribution in [0.4, 0.5) is 5.69 Å². The van der Waals surface area contributed by atoms with E-state index in [0.29, 0.717) is 16.2 Å². The number of aromatic nitrogens is 4. The van der Waals surface area contributed by atoms with Crippen molar-refractivity contribution in [1.29, 1.82) is 0 Å². The fourth-order valence-electron chi connectivity index (χ4n) is 2.72. The lowest BCUT2D eigenvalue weighted by atomic mass is 10.3. The van der Waals surface area contributed by atoms with Crippen LogP contribution in [0, 0.1) is 0 Å². The smallest absolute Gasteiger partial charge is 0.297 e. The van der Waals surface area contributed by atoms with E-state index in [1.54, 1.807) is 34.7 Å². The summed E-state index contributed by atoms with van der Waals surface area (Å²) in [6.45, 7) is -0.134. The van der Waals surface area contributed by atoms with E-state index in [9.17, 15) is 9.59 Å². The van der Waals surface area contributed by atoms with Gasteiger partial charge in [0.05, 0.1) is 11.0 Å². The van der Waals surface area contributed by atoms with Gasteiger partial charge in [-0.15, -0.1) is 10.2 Å². The zero-order valence-corrected chi connectivity index (χ0v) is 13.6. The molecule has 0 unspecified atom stereocenters. The molecule has 0 aliphatic rings. The number of fused-ring (bicyclic) bond motifs is 3. The van der Waals surface area contributed by atoms with Gasteiger partial charge in [-0.2, -0.15) is 0 Å². The summed E-state index contributed by atoms with van der Waals surface area (Å²) in [7, 11) is 0. The number of amides is 1. The molecule has 0 saturated heterocycles. The van der Waals surface area contributed by atoms with Gasteiger partial charge in [-0.3, -0.25) is 18.6 Å². The van der Waals surface area contributed by atoms with Crippen LogP contribution >= 0.6 is 11.6 Å². The van der Waals surface area contributed by atoms with Crippen molar-refractivity contribution in [2.24, 2.45) is 0 Å². The zero-order chi connectivity index (χ0) is 17.4. The molecule has 7 nitrogen and oxygen atoms in total. The van der Waals surface area contributed by atoms with Crippen LogP contribution in [-0.4, -0.2) is 25.1 Å². The molecule has 0 spiro atoms. The molecule has 0 radical (unpaired) electrons. The Kier molecular flexibility index (Phi) is 3.70. The normalized spacial score (nSPS) is 11.1. The van der Waals surface area contributed by atoms with Crippen LogP contribution in [0.3, 0.4) is 0 Å². The second-order valence-corrected chi connectivity index (χ2v) is 5.90. The molecular weight excluding hydrogens is 342 g/mol. The lowest BCUT2D eigenvalue weighted by molar-refractivity contribution is -0.116. The molecule has 0 aliphatic heterocycles. The van der Waals surface area contributed by atoms with Crippen molar-refractivity contribution in [3.05, 3.63) is 70.2 Å². The first-order valence-corrected chi connectivity index (χ1v) is 7.88. The highest BCUT2D eigenvalue weighted by molar-refractivity contribution is 6.30.